The Hall–Kier alpha value is -2.24. The van der Waals surface area contributed by atoms with Crippen LogP contribution in [0, 0.1) is 0 Å². The van der Waals surface area contributed by atoms with E-state index in [2.05, 4.69) is 29.2 Å². The fourth-order valence-electron chi connectivity index (χ4n) is 2.84. The van der Waals surface area contributed by atoms with Crippen LogP contribution in [0.4, 0.5) is 0 Å². The van der Waals surface area contributed by atoms with Gasteiger partial charge in [0.1, 0.15) is 17.2 Å². The number of nitrogens with zero attached hydrogens (tertiary/aromatic N) is 1. The third kappa shape index (κ3) is 5.37. The van der Waals surface area contributed by atoms with Crippen molar-refractivity contribution in [2.45, 2.75) is 13.0 Å². The van der Waals surface area contributed by atoms with Crippen molar-refractivity contribution in [2.24, 2.45) is 5.73 Å². The Morgan fingerprint density at radius 2 is 1.52 bits per heavy atom. The zero-order valence-electron chi connectivity index (χ0n) is 15.3. The smallest absolute Gasteiger partial charge is 0.130 e. The van der Waals surface area contributed by atoms with Crippen LogP contribution in [0.3, 0.4) is 0 Å². The molecule has 0 heterocycles. The average Bonchev–Trinajstić information content (AvgIpc) is 2.67. The Morgan fingerprint density at radius 3 is 2.04 bits per heavy atom. The highest BCUT2D eigenvalue weighted by atomic mass is 16.5. The molecule has 0 unspecified atom stereocenters. The summed E-state index contributed by atoms with van der Waals surface area (Å²) in [5, 5.41) is 0. The lowest BCUT2D eigenvalue weighted by molar-refractivity contribution is 0.264. The molecule has 0 bridgehead atoms. The standard InChI is InChI=1S/C20H28N2O3/c1-23-17-13-19(24-2)18(20(14-17)25-3)15-22(12-10-21)11-9-16-7-5-4-6-8-16/h4-8,13-14H,9-12,15,21H2,1-3H3. The summed E-state index contributed by atoms with van der Waals surface area (Å²) in [7, 11) is 4.96. The summed E-state index contributed by atoms with van der Waals surface area (Å²) in [5.74, 6) is 2.24. The highest BCUT2D eigenvalue weighted by molar-refractivity contribution is 5.50. The van der Waals surface area contributed by atoms with Gasteiger partial charge >= 0.3 is 0 Å². The highest BCUT2D eigenvalue weighted by Gasteiger charge is 2.16. The number of methoxy groups -OCH3 is 3. The van der Waals surface area contributed by atoms with Gasteiger partial charge in [0.2, 0.25) is 0 Å². The Labute approximate surface area is 150 Å². The van der Waals surface area contributed by atoms with Gasteiger partial charge in [0.05, 0.1) is 26.9 Å². The fourth-order valence-corrected chi connectivity index (χ4v) is 2.84. The van der Waals surface area contributed by atoms with Crippen molar-refractivity contribution in [3.63, 3.8) is 0 Å². The molecule has 0 aliphatic rings. The van der Waals surface area contributed by atoms with E-state index in [-0.39, 0.29) is 0 Å². The van der Waals surface area contributed by atoms with Gasteiger partial charge in [0, 0.05) is 38.3 Å². The lowest BCUT2D eigenvalue weighted by atomic mass is 10.1. The predicted octanol–water partition coefficient (Wildman–Crippen LogP) is 2.72. The first-order chi connectivity index (χ1) is 12.2. The van der Waals surface area contributed by atoms with E-state index in [1.165, 1.54) is 5.56 Å². The Kier molecular flexibility index (Phi) is 7.57. The van der Waals surface area contributed by atoms with Crippen molar-refractivity contribution >= 4 is 0 Å². The molecule has 2 rings (SSSR count). The Bertz CT molecular complexity index is 622. The number of ether oxygens (including phenoxy) is 3. The molecule has 0 atom stereocenters. The molecule has 2 aromatic carbocycles. The summed E-state index contributed by atoms with van der Waals surface area (Å²) in [6.45, 7) is 3.04. The van der Waals surface area contributed by atoms with E-state index in [0.29, 0.717) is 18.8 Å². The lowest BCUT2D eigenvalue weighted by Crippen LogP contribution is -2.31. The normalized spacial score (nSPS) is 10.8. The van der Waals surface area contributed by atoms with Crippen LogP contribution in [-0.2, 0) is 13.0 Å². The molecule has 136 valence electrons. The summed E-state index contributed by atoms with van der Waals surface area (Å²) in [6.07, 6.45) is 0.974. The van der Waals surface area contributed by atoms with Gasteiger partial charge in [-0.2, -0.15) is 0 Å². The summed E-state index contributed by atoms with van der Waals surface area (Å²) >= 11 is 0. The van der Waals surface area contributed by atoms with Crippen molar-refractivity contribution in [3.8, 4) is 17.2 Å². The van der Waals surface area contributed by atoms with Crippen LogP contribution in [0.5, 0.6) is 17.2 Å². The van der Waals surface area contributed by atoms with Crippen molar-refractivity contribution in [3.05, 3.63) is 53.6 Å². The third-order valence-corrected chi connectivity index (χ3v) is 4.20. The molecule has 25 heavy (non-hydrogen) atoms. The molecule has 2 aromatic rings. The molecule has 0 radical (unpaired) electrons. The number of hydrogen-bond acceptors (Lipinski definition) is 5. The van der Waals surface area contributed by atoms with Gasteiger partial charge in [-0.1, -0.05) is 30.3 Å². The largest absolute Gasteiger partial charge is 0.496 e. The second kappa shape index (κ2) is 9.91. The number of hydrogen-bond donors (Lipinski definition) is 1. The van der Waals surface area contributed by atoms with Crippen molar-refractivity contribution < 1.29 is 14.2 Å². The monoisotopic (exact) mass is 344 g/mol. The molecule has 5 nitrogen and oxygen atoms in total. The fraction of sp³-hybridized carbons (Fsp3) is 0.400. The predicted molar refractivity (Wildman–Crippen MR) is 101 cm³/mol. The van der Waals surface area contributed by atoms with Gasteiger partial charge in [-0.3, -0.25) is 4.90 Å². The Morgan fingerprint density at radius 1 is 0.880 bits per heavy atom. The van der Waals surface area contributed by atoms with Crippen LogP contribution in [0.25, 0.3) is 0 Å². The number of rotatable bonds is 10. The van der Waals surface area contributed by atoms with Crippen LogP contribution >= 0.6 is 0 Å². The maximum absolute atomic E-state index is 5.81. The molecule has 5 heteroatoms. The SMILES string of the molecule is COc1cc(OC)c(CN(CCN)CCc2ccccc2)c(OC)c1. The molecule has 2 N–H and O–H groups in total. The molecule has 0 amide bonds. The van der Waals surface area contributed by atoms with E-state index >= 15 is 0 Å². The summed E-state index contributed by atoms with van der Waals surface area (Å²) in [4.78, 5) is 2.32. The van der Waals surface area contributed by atoms with Crippen molar-refractivity contribution in [2.75, 3.05) is 41.0 Å². The Balaban J connectivity index is 2.17. The van der Waals surface area contributed by atoms with Crippen LogP contribution in [0.2, 0.25) is 0 Å². The summed E-state index contributed by atoms with van der Waals surface area (Å²) < 4.78 is 16.4. The van der Waals surface area contributed by atoms with E-state index in [9.17, 15) is 0 Å². The van der Waals surface area contributed by atoms with Gasteiger partial charge < -0.3 is 19.9 Å². The molecule has 0 spiro atoms. The number of nitrogens with two attached hydrogens (primary N) is 1. The zero-order chi connectivity index (χ0) is 18.1. The lowest BCUT2D eigenvalue weighted by Gasteiger charge is -2.24. The van der Waals surface area contributed by atoms with Gasteiger partial charge in [0.25, 0.3) is 0 Å². The quantitative estimate of drug-likeness (QED) is 0.718. The molecule has 0 aromatic heterocycles. The van der Waals surface area contributed by atoms with Gasteiger partial charge in [-0.05, 0) is 12.0 Å². The van der Waals surface area contributed by atoms with E-state index in [1.807, 2.05) is 18.2 Å². The second-order valence-electron chi connectivity index (χ2n) is 5.81. The molecule has 0 aliphatic heterocycles. The van der Waals surface area contributed by atoms with E-state index in [1.54, 1.807) is 21.3 Å². The maximum Gasteiger partial charge on any atom is 0.130 e. The topological polar surface area (TPSA) is 57.0 Å². The van der Waals surface area contributed by atoms with Gasteiger partial charge in [0.15, 0.2) is 0 Å². The first-order valence-electron chi connectivity index (χ1n) is 8.47. The van der Waals surface area contributed by atoms with Crippen LogP contribution in [0.15, 0.2) is 42.5 Å². The first kappa shape index (κ1) is 19.1. The van der Waals surface area contributed by atoms with Gasteiger partial charge in [-0.25, -0.2) is 0 Å². The van der Waals surface area contributed by atoms with E-state index in [0.717, 1.165) is 36.6 Å². The van der Waals surface area contributed by atoms with Crippen LogP contribution in [0.1, 0.15) is 11.1 Å². The summed E-state index contributed by atoms with van der Waals surface area (Å²) in [6, 6.07) is 14.2. The molecule has 0 aliphatic carbocycles. The first-order valence-corrected chi connectivity index (χ1v) is 8.47. The summed E-state index contributed by atoms with van der Waals surface area (Å²) in [5.41, 5.74) is 8.14. The van der Waals surface area contributed by atoms with E-state index < -0.39 is 0 Å². The minimum atomic E-state index is 0.607. The highest BCUT2D eigenvalue weighted by Crippen LogP contribution is 2.34. The van der Waals surface area contributed by atoms with Crippen LogP contribution in [-0.4, -0.2) is 45.9 Å². The van der Waals surface area contributed by atoms with E-state index in [4.69, 9.17) is 19.9 Å². The minimum absolute atomic E-state index is 0.607. The minimum Gasteiger partial charge on any atom is -0.496 e. The van der Waals surface area contributed by atoms with Crippen LogP contribution < -0.4 is 19.9 Å². The zero-order valence-corrected chi connectivity index (χ0v) is 15.3. The maximum atomic E-state index is 5.81. The average molecular weight is 344 g/mol. The molecule has 0 fully saturated rings. The van der Waals surface area contributed by atoms with Crippen molar-refractivity contribution in [1.82, 2.24) is 4.90 Å². The number of benzene rings is 2. The molecular formula is C20H28N2O3. The molecule has 0 saturated carbocycles. The second-order valence-corrected chi connectivity index (χ2v) is 5.81. The van der Waals surface area contributed by atoms with Crippen molar-refractivity contribution in [1.29, 1.82) is 0 Å². The third-order valence-electron chi connectivity index (χ3n) is 4.20. The van der Waals surface area contributed by atoms with Gasteiger partial charge in [-0.15, -0.1) is 0 Å². The molecule has 0 saturated heterocycles. The molecular weight excluding hydrogens is 316 g/mol.